The lowest BCUT2D eigenvalue weighted by atomic mass is 10.3. The Bertz CT molecular complexity index is 1030. The molecule has 0 aliphatic rings. The second-order valence-electron chi connectivity index (χ2n) is 7.21. The van der Waals surface area contributed by atoms with Crippen LogP contribution < -0.4 is 9.64 Å². The Hall–Kier alpha value is -2.23. The molecule has 166 valence electrons. The molecule has 1 heterocycles. The number of benzene rings is 2. The lowest BCUT2D eigenvalue weighted by molar-refractivity contribution is -0.118. The Kier molecular flexibility index (Phi) is 8.22. The van der Waals surface area contributed by atoms with E-state index in [9.17, 15) is 13.6 Å². The van der Waals surface area contributed by atoms with Crippen LogP contribution in [0.2, 0.25) is 0 Å². The van der Waals surface area contributed by atoms with Crippen LogP contribution in [0.4, 0.5) is 13.9 Å². The molecule has 0 N–H and O–H groups in total. The van der Waals surface area contributed by atoms with Crippen molar-refractivity contribution >= 4 is 44.4 Å². The van der Waals surface area contributed by atoms with Gasteiger partial charge in [0.1, 0.15) is 17.1 Å². The minimum Gasteiger partial charge on any atom is -0.497 e. The number of carbonyl (C=O) groups excluding carboxylic acids is 1. The summed E-state index contributed by atoms with van der Waals surface area (Å²) >= 11 is 2.81. The third-order valence-electron chi connectivity index (χ3n) is 4.57. The highest BCUT2D eigenvalue weighted by atomic mass is 32.2. The summed E-state index contributed by atoms with van der Waals surface area (Å²) < 4.78 is 33.2. The van der Waals surface area contributed by atoms with E-state index in [0.717, 1.165) is 33.8 Å². The van der Waals surface area contributed by atoms with Gasteiger partial charge in [-0.3, -0.25) is 9.69 Å². The van der Waals surface area contributed by atoms with Crippen molar-refractivity contribution in [1.82, 2.24) is 9.88 Å². The summed E-state index contributed by atoms with van der Waals surface area (Å²) in [5, 5.41) is 0.397. The Morgan fingerprint density at radius 3 is 2.58 bits per heavy atom. The van der Waals surface area contributed by atoms with Gasteiger partial charge in [0.2, 0.25) is 5.91 Å². The number of likely N-dealkylation sites (N-methyl/N-ethyl adjacent to an activating group) is 1. The van der Waals surface area contributed by atoms with Crippen molar-refractivity contribution in [3.05, 3.63) is 48.0 Å². The topological polar surface area (TPSA) is 45.7 Å². The third kappa shape index (κ3) is 6.38. The van der Waals surface area contributed by atoms with E-state index in [-0.39, 0.29) is 11.4 Å². The van der Waals surface area contributed by atoms with E-state index in [0.29, 0.717) is 35.8 Å². The molecule has 0 spiro atoms. The Labute approximate surface area is 189 Å². The van der Waals surface area contributed by atoms with Crippen LogP contribution in [-0.4, -0.2) is 55.8 Å². The van der Waals surface area contributed by atoms with Crippen molar-refractivity contribution in [1.29, 1.82) is 0 Å². The largest absolute Gasteiger partial charge is 0.497 e. The summed E-state index contributed by atoms with van der Waals surface area (Å²) in [6.07, 6.45) is 1.05. The van der Waals surface area contributed by atoms with Crippen LogP contribution in [0, 0.1) is 11.6 Å². The smallest absolute Gasteiger partial charge is 0.228 e. The molecule has 9 heteroatoms. The number of hydrogen-bond donors (Lipinski definition) is 0. The summed E-state index contributed by atoms with van der Waals surface area (Å²) in [7, 11) is 5.47. The molecule has 0 bridgehead atoms. The van der Waals surface area contributed by atoms with E-state index in [1.54, 1.807) is 23.8 Å². The van der Waals surface area contributed by atoms with E-state index in [1.807, 2.05) is 43.3 Å². The molecule has 0 saturated heterocycles. The number of nitrogens with zero attached hydrogens (tertiary/aromatic N) is 3. The van der Waals surface area contributed by atoms with E-state index in [4.69, 9.17) is 4.74 Å². The number of ether oxygens (including phenoxy) is 1. The lowest BCUT2D eigenvalue weighted by Crippen LogP contribution is -2.36. The van der Waals surface area contributed by atoms with Crippen LogP contribution in [-0.2, 0) is 4.79 Å². The first-order chi connectivity index (χ1) is 14.9. The molecule has 31 heavy (non-hydrogen) atoms. The van der Waals surface area contributed by atoms with E-state index < -0.39 is 11.6 Å². The number of methoxy groups -OCH3 is 1. The van der Waals surface area contributed by atoms with Gasteiger partial charge in [0.25, 0.3) is 0 Å². The first-order valence-corrected chi connectivity index (χ1v) is 11.6. The minimum absolute atomic E-state index is 0.0721. The van der Waals surface area contributed by atoms with Crippen molar-refractivity contribution in [2.45, 2.75) is 17.7 Å². The molecule has 0 aliphatic heterocycles. The Morgan fingerprint density at radius 2 is 1.90 bits per heavy atom. The Balaban J connectivity index is 1.65. The first kappa shape index (κ1) is 23.4. The molecule has 5 nitrogen and oxygen atoms in total. The molecule has 0 saturated carbocycles. The monoisotopic (exact) mass is 465 g/mol. The average Bonchev–Trinajstić information content (AvgIpc) is 3.15. The fraction of sp³-hybridized carbons (Fsp3) is 0.364. The summed E-state index contributed by atoms with van der Waals surface area (Å²) in [5.41, 5.74) is 0.0964. The number of carbonyl (C=O) groups is 1. The molecule has 0 aliphatic carbocycles. The van der Waals surface area contributed by atoms with Gasteiger partial charge < -0.3 is 9.64 Å². The lowest BCUT2D eigenvalue weighted by Gasteiger charge is -2.22. The summed E-state index contributed by atoms with van der Waals surface area (Å²) in [6, 6.07) is 9.86. The first-order valence-electron chi connectivity index (χ1n) is 9.85. The quantitative estimate of drug-likeness (QED) is 0.310. The van der Waals surface area contributed by atoms with Crippen molar-refractivity contribution in [2.24, 2.45) is 0 Å². The normalized spacial score (nSPS) is 11.3. The molecule has 0 radical (unpaired) electrons. The van der Waals surface area contributed by atoms with Crippen molar-refractivity contribution in [3.63, 3.8) is 0 Å². The molecule has 2 aromatic carbocycles. The summed E-state index contributed by atoms with van der Waals surface area (Å²) in [5.74, 6) is 0.162. The number of hydrogen-bond acceptors (Lipinski definition) is 6. The number of halogens is 2. The summed E-state index contributed by atoms with van der Waals surface area (Å²) in [6.45, 7) is 1.07. The van der Waals surface area contributed by atoms with Gasteiger partial charge in [0.05, 0.1) is 11.8 Å². The van der Waals surface area contributed by atoms with Gasteiger partial charge in [-0.05, 0) is 56.6 Å². The molecule has 1 aromatic heterocycles. The van der Waals surface area contributed by atoms with Crippen molar-refractivity contribution in [2.75, 3.05) is 44.9 Å². The van der Waals surface area contributed by atoms with Gasteiger partial charge in [-0.25, -0.2) is 13.8 Å². The van der Waals surface area contributed by atoms with Crippen molar-refractivity contribution < 1.29 is 18.3 Å². The second-order valence-corrected chi connectivity index (χ2v) is 9.38. The number of thioether (sulfide) groups is 1. The van der Waals surface area contributed by atoms with Gasteiger partial charge in [0, 0.05) is 30.5 Å². The van der Waals surface area contributed by atoms with Crippen LogP contribution in [0.15, 0.2) is 41.3 Å². The highest BCUT2D eigenvalue weighted by molar-refractivity contribution is 7.99. The van der Waals surface area contributed by atoms with Crippen LogP contribution in [0.5, 0.6) is 5.75 Å². The molecule has 1 amide bonds. The van der Waals surface area contributed by atoms with E-state index in [1.165, 1.54) is 6.07 Å². The van der Waals surface area contributed by atoms with E-state index in [2.05, 4.69) is 4.98 Å². The van der Waals surface area contributed by atoms with Crippen molar-refractivity contribution in [3.8, 4) is 5.75 Å². The average molecular weight is 466 g/mol. The highest BCUT2D eigenvalue weighted by Crippen LogP contribution is 2.31. The van der Waals surface area contributed by atoms with Gasteiger partial charge in [0.15, 0.2) is 10.9 Å². The second kappa shape index (κ2) is 10.9. The zero-order valence-corrected chi connectivity index (χ0v) is 19.4. The van der Waals surface area contributed by atoms with Crippen LogP contribution >= 0.6 is 23.1 Å². The maximum atomic E-state index is 14.1. The summed E-state index contributed by atoms with van der Waals surface area (Å²) in [4.78, 5) is 21.9. The zero-order chi connectivity index (χ0) is 22.4. The standard InChI is InChI=1S/C22H25F2N3O2S2/c1-26(2)10-11-27(22-25-21-18(24)13-15(23)14-19(21)31-22)20(28)5-4-12-30-17-8-6-16(29-3)7-9-17/h6-9,13-14H,4-5,10-12H2,1-3H3. The predicted octanol–water partition coefficient (Wildman–Crippen LogP) is 5.05. The maximum absolute atomic E-state index is 14.1. The van der Waals surface area contributed by atoms with Gasteiger partial charge in [-0.2, -0.15) is 0 Å². The molecule has 3 aromatic rings. The minimum atomic E-state index is -0.714. The number of amides is 1. The molecular weight excluding hydrogens is 440 g/mol. The van der Waals surface area contributed by atoms with E-state index >= 15 is 0 Å². The number of fused-ring (bicyclic) bond motifs is 1. The molecule has 0 atom stereocenters. The third-order valence-corrected chi connectivity index (χ3v) is 6.69. The van der Waals surface area contributed by atoms with Crippen LogP contribution in [0.3, 0.4) is 0 Å². The van der Waals surface area contributed by atoms with Crippen LogP contribution in [0.25, 0.3) is 10.2 Å². The Morgan fingerprint density at radius 1 is 1.16 bits per heavy atom. The number of aromatic nitrogens is 1. The van der Waals surface area contributed by atoms with Gasteiger partial charge >= 0.3 is 0 Å². The van der Waals surface area contributed by atoms with Gasteiger partial charge in [-0.15, -0.1) is 11.8 Å². The highest BCUT2D eigenvalue weighted by Gasteiger charge is 2.21. The molecule has 0 unspecified atom stereocenters. The maximum Gasteiger partial charge on any atom is 0.228 e. The molecule has 0 fully saturated rings. The number of rotatable bonds is 10. The predicted molar refractivity (Wildman–Crippen MR) is 123 cm³/mol. The number of anilines is 1. The zero-order valence-electron chi connectivity index (χ0n) is 17.7. The fourth-order valence-electron chi connectivity index (χ4n) is 2.91. The SMILES string of the molecule is COc1ccc(SCCCC(=O)N(CCN(C)C)c2nc3c(F)cc(F)cc3s2)cc1. The van der Waals surface area contributed by atoms with Gasteiger partial charge in [-0.1, -0.05) is 11.3 Å². The fourth-order valence-corrected chi connectivity index (χ4v) is 4.81. The number of thiazole rings is 1. The van der Waals surface area contributed by atoms with Crippen LogP contribution in [0.1, 0.15) is 12.8 Å². The molecular formula is C22H25F2N3O2S2. The molecule has 3 rings (SSSR count).